The van der Waals surface area contributed by atoms with E-state index in [0.29, 0.717) is 5.92 Å². The molecule has 0 spiro atoms. The molecule has 7 heteroatoms. The van der Waals surface area contributed by atoms with Crippen molar-refractivity contribution >= 4 is 11.9 Å². The molecule has 7 nitrogen and oxygen atoms in total. The van der Waals surface area contributed by atoms with E-state index >= 15 is 0 Å². The van der Waals surface area contributed by atoms with Crippen LogP contribution in [-0.2, 0) is 16.1 Å². The molecule has 0 bridgehead atoms. The fraction of sp³-hybridized carbons (Fsp3) is 0.375. The van der Waals surface area contributed by atoms with Gasteiger partial charge in [0.15, 0.2) is 0 Å². The maximum Gasteiger partial charge on any atom is 0.377 e. The number of carbonyl (C=O) groups is 2. The molecule has 1 aliphatic carbocycles. The van der Waals surface area contributed by atoms with E-state index in [1.165, 1.54) is 18.1 Å². The van der Waals surface area contributed by atoms with Crippen molar-refractivity contribution in [2.45, 2.75) is 25.4 Å². The van der Waals surface area contributed by atoms with Crippen LogP contribution in [0, 0.1) is 5.92 Å². The Morgan fingerprint density at radius 1 is 1.35 bits per heavy atom. The Labute approximate surface area is 133 Å². The van der Waals surface area contributed by atoms with E-state index in [2.05, 4.69) is 20.1 Å². The SMILES string of the molecule is COC(=O)c1ncn(CC(=O)N[C@@H](c2ccccc2)C2CC2)n1. The molecule has 3 rings (SSSR count). The first-order valence-electron chi connectivity index (χ1n) is 7.49. The Kier molecular flexibility index (Phi) is 4.36. The standard InChI is InChI=1S/C16H18N4O3/c1-23-16(22)15-17-10-20(19-15)9-13(21)18-14(12-7-8-12)11-5-3-2-4-6-11/h2-6,10,12,14H,7-9H2,1H3,(H,18,21)/t14-/m0/s1. The van der Waals surface area contributed by atoms with E-state index in [1.807, 2.05) is 30.3 Å². The second kappa shape index (κ2) is 6.60. The zero-order valence-electron chi connectivity index (χ0n) is 12.8. The minimum atomic E-state index is -0.621. The molecule has 1 amide bonds. The zero-order chi connectivity index (χ0) is 16.2. The average molecular weight is 314 g/mol. The first kappa shape index (κ1) is 15.2. The number of esters is 1. The van der Waals surface area contributed by atoms with Gasteiger partial charge in [-0.2, -0.15) is 0 Å². The topological polar surface area (TPSA) is 86.1 Å². The van der Waals surface area contributed by atoms with Crippen LogP contribution >= 0.6 is 0 Å². The highest BCUT2D eigenvalue weighted by Gasteiger charge is 2.33. The van der Waals surface area contributed by atoms with Crippen LogP contribution in [0.3, 0.4) is 0 Å². The zero-order valence-corrected chi connectivity index (χ0v) is 12.8. The molecule has 0 radical (unpaired) electrons. The summed E-state index contributed by atoms with van der Waals surface area (Å²) in [6.07, 6.45) is 3.59. The highest BCUT2D eigenvalue weighted by atomic mass is 16.5. The number of amides is 1. The molecule has 1 saturated carbocycles. The summed E-state index contributed by atoms with van der Waals surface area (Å²) in [7, 11) is 1.26. The van der Waals surface area contributed by atoms with Gasteiger partial charge in [0, 0.05) is 0 Å². The smallest absolute Gasteiger partial charge is 0.377 e. The Morgan fingerprint density at radius 3 is 2.74 bits per heavy atom. The van der Waals surface area contributed by atoms with E-state index in [-0.39, 0.29) is 24.3 Å². The van der Waals surface area contributed by atoms with Crippen molar-refractivity contribution in [2.24, 2.45) is 5.92 Å². The number of benzene rings is 1. The summed E-state index contributed by atoms with van der Waals surface area (Å²) >= 11 is 0. The lowest BCUT2D eigenvalue weighted by molar-refractivity contribution is -0.122. The maximum atomic E-state index is 12.3. The van der Waals surface area contributed by atoms with Crippen LogP contribution < -0.4 is 5.32 Å². The lowest BCUT2D eigenvalue weighted by atomic mass is 10.0. The minimum absolute atomic E-state index is 0.0139. The number of nitrogens with zero attached hydrogens (tertiary/aromatic N) is 3. The summed E-state index contributed by atoms with van der Waals surface area (Å²) < 4.78 is 5.87. The second-order valence-electron chi connectivity index (χ2n) is 5.55. The number of carbonyl (C=O) groups excluding carboxylic acids is 2. The van der Waals surface area contributed by atoms with Crippen LogP contribution in [-0.4, -0.2) is 33.8 Å². The molecule has 1 heterocycles. The lowest BCUT2D eigenvalue weighted by Gasteiger charge is -2.18. The van der Waals surface area contributed by atoms with Gasteiger partial charge in [-0.3, -0.25) is 4.79 Å². The van der Waals surface area contributed by atoms with Crippen molar-refractivity contribution in [3.63, 3.8) is 0 Å². The number of methoxy groups -OCH3 is 1. The number of ether oxygens (including phenoxy) is 1. The van der Waals surface area contributed by atoms with Crippen molar-refractivity contribution in [2.75, 3.05) is 7.11 Å². The molecule has 0 unspecified atom stereocenters. The van der Waals surface area contributed by atoms with Crippen molar-refractivity contribution in [3.05, 3.63) is 48.0 Å². The molecule has 1 aliphatic rings. The predicted molar refractivity (Wildman–Crippen MR) is 81.4 cm³/mol. The predicted octanol–water partition coefficient (Wildman–Crippen LogP) is 1.33. The molecule has 1 atom stereocenters. The molecule has 1 fully saturated rings. The molecular formula is C16H18N4O3. The molecule has 0 saturated heterocycles. The van der Waals surface area contributed by atoms with Gasteiger partial charge in [0.05, 0.1) is 13.2 Å². The number of aromatic nitrogens is 3. The van der Waals surface area contributed by atoms with Crippen LogP contribution in [0.15, 0.2) is 36.7 Å². The summed E-state index contributed by atoms with van der Waals surface area (Å²) in [6, 6.07) is 9.96. The summed E-state index contributed by atoms with van der Waals surface area (Å²) in [6.45, 7) is 0.0139. The minimum Gasteiger partial charge on any atom is -0.463 e. The number of nitrogens with one attached hydrogen (secondary N) is 1. The van der Waals surface area contributed by atoms with Gasteiger partial charge in [-0.15, -0.1) is 5.10 Å². The third kappa shape index (κ3) is 3.74. The van der Waals surface area contributed by atoms with Crippen LogP contribution in [0.25, 0.3) is 0 Å². The first-order chi connectivity index (χ1) is 11.2. The second-order valence-corrected chi connectivity index (χ2v) is 5.55. The van der Waals surface area contributed by atoms with Gasteiger partial charge in [0.1, 0.15) is 12.9 Å². The molecule has 0 aliphatic heterocycles. The number of rotatable bonds is 6. The number of hydrogen-bond donors (Lipinski definition) is 1. The Morgan fingerprint density at radius 2 is 2.09 bits per heavy atom. The van der Waals surface area contributed by atoms with Gasteiger partial charge < -0.3 is 10.1 Å². The van der Waals surface area contributed by atoms with E-state index in [1.54, 1.807) is 0 Å². The largest absolute Gasteiger partial charge is 0.463 e. The highest BCUT2D eigenvalue weighted by molar-refractivity contribution is 5.84. The molecule has 1 aromatic carbocycles. The van der Waals surface area contributed by atoms with Gasteiger partial charge >= 0.3 is 5.97 Å². The van der Waals surface area contributed by atoms with E-state index in [4.69, 9.17) is 0 Å². The van der Waals surface area contributed by atoms with Gasteiger partial charge in [-0.1, -0.05) is 30.3 Å². The summed E-state index contributed by atoms with van der Waals surface area (Å²) in [5, 5.41) is 6.98. The van der Waals surface area contributed by atoms with Crippen molar-refractivity contribution in [3.8, 4) is 0 Å². The third-order valence-corrected chi connectivity index (χ3v) is 3.78. The summed E-state index contributed by atoms with van der Waals surface area (Å²) in [5.74, 6) is -0.346. The fourth-order valence-corrected chi connectivity index (χ4v) is 2.49. The molecule has 2 aromatic rings. The fourth-order valence-electron chi connectivity index (χ4n) is 2.49. The summed E-state index contributed by atoms with van der Waals surface area (Å²) in [5.41, 5.74) is 1.11. The molecule has 120 valence electrons. The summed E-state index contributed by atoms with van der Waals surface area (Å²) in [4.78, 5) is 27.4. The van der Waals surface area contributed by atoms with Gasteiger partial charge in [0.25, 0.3) is 5.82 Å². The third-order valence-electron chi connectivity index (χ3n) is 3.78. The lowest BCUT2D eigenvalue weighted by Crippen LogP contribution is -2.32. The van der Waals surface area contributed by atoms with E-state index in [9.17, 15) is 9.59 Å². The number of hydrogen-bond acceptors (Lipinski definition) is 5. The monoisotopic (exact) mass is 314 g/mol. The molecular weight excluding hydrogens is 296 g/mol. The molecule has 23 heavy (non-hydrogen) atoms. The van der Waals surface area contributed by atoms with Crippen molar-refractivity contribution < 1.29 is 14.3 Å². The van der Waals surface area contributed by atoms with Crippen LogP contribution in [0.2, 0.25) is 0 Å². The van der Waals surface area contributed by atoms with Gasteiger partial charge in [0.2, 0.25) is 5.91 Å². The normalized spacial score (nSPS) is 15.0. The Bertz CT molecular complexity index is 694. The van der Waals surface area contributed by atoms with Crippen molar-refractivity contribution in [1.82, 2.24) is 20.1 Å². The van der Waals surface area contributed by atoms with Crippen molar-refractivity contribution in [1.29, 1.82) is 0 Å². The van der Waals surface area contributed by atoms with Gasteiger partial charge in [-0.05, 0) is 24.3 Å². The molecule has 1 N–H and O–H groups in total. The quantitative estimate of drug-likeness (QED) is 0.813. The van der Waals surface area contributed by atoms with Crippen LogP contribution in [0.4, 0.5) is 0 Å². The van der Waals surface area contributed by atoms with E-state index in [0.717, 1.165) is 18.4 Å². The van der Waals surface area contributed by atoms with Gasteiger partial charge in [-0.25, -0.2) is 14.5 Å². The van der Waals surface area contributed by atoms with Crippen LogP contribution in [0.1, 0.15) is 35.1 Å². The Hall–Kier alpha value is -2.70. The average Bonchev–Trinajstić information content (AvgIpc) is 3.31. The maximum absolute atomic E-state index is 12.3. The van der Waals surface area contributed by atoms with E-state index < -0.39 is 5.97 Å². The first-order valence-corrected chi connectivity index (χ1v) is 7.49. The molecule has 1 aromatic heterocycles. The Balaban J connectivity index is 1.64. The highest BCUT2D eigenvalue weighted by Crippen LogP contribution is 2.40. The van der Waals surface area contributed by atoms with Crippen LogP contribution in [0.5, 0.6) is 0 Å².